The highest BCUT2D eigenvalue weighted by Gasteiger charge is 2.12. The van der Waals surface area contributed by atoms with E-state index in [4.69, 9.17) is 4.74 Å². The molecule has 0 aliphatic rings. The van der Waals surface area contributed by atoms with Crippen molar-refractivity contribution in [1.82, 2.24) is 14.8 Å². The van der Waals surface area contributed by atoms with Crippen LogP contribution in [0, 0.1) is 5.82 Å². The Morgan fingerprint density at radius 2 is 2.12 bits per heavy atom. The number of hydrogen-bond acceptors (Lipinski definition) is 3. The second kappa shape index (κ2) is 4.53. The third-order valence-electron chi connectivity index (χ3n) is 2.44. The number of hydrogen-bond donors (Lipinski definition) is 0. The van der Waals surface area contributed by atoms with E-state index in [9.17, 15) is 4.39 Å². The number of aromatic nitrogens is 3. The van der Waals surface area contributed by atoms with Crippen LogP contribution in [-0.2, 0) is 0 Å². The summed E-state index contributed by atoms with van der Waals surface area (Å²) in [4.78, 5) is 4.16. The van der Waals surface area contributed by atoms with Crippen LogP contribution >= 0.6 is 0 Å². The Bertz CT molecular complexity index is 522. The van der Waals surface area contributed by atoms with Gasteiger partial charge in [-0.2, -0.15) is 5.10 Å². The monoisotopic (exact) mass is 235 g/mol. The predicted octanol–water partition coefficient (Wildman–Crippen LogP) is 2.67. The fraction of sp³-hybridized carbons (Fsp3) is 0.333. The van der Waals surface area contributed by atoms with Gasteiger partial charge in [0, 0.05) is 6.04 Å². The number of nitrogens with zero attached hydrogens (tertiary/aromatic N) is 3. The molecule has 0 radical (unpaired) electrons. The van der Waals surface area contributed by atoms with E-state index in [1.54, 1.807) is 17.1 Å². The van der Waals surface area contributed by atoms with Gasteiger partial charge < -0.3 is 4.74 Å². The molecular weight excluding hydrogens is 221 g/mol. The van der Waals surface area contributed by atoms with Crippen molar-refractivity contribution >= 4 is 0 Å². The molecule has 1 aromatic carbocycles. The summed E-state index contributed by atoms with van der Waals surface area (Å²) in [6, 6.07) is 4.51. The Kier molecular flexibility index (Phi) is 3.08. The van der Waals surface area contributed by atoms with Crippen LogP contribution < -0.4 is 4.74 Å². The molecule has 0 N–H and O–H groups in total. The molecule has 0 saturated heterocycles. The van der Waals surface area contributed by atoms with Gasteiger partial charge in [0.1, 0.15) is 17.9 Å². The van der Waals surface area contributed by atoms with Crippen LogP contribution in [-0.4, -0.2) is 21.9 Å². The van der Waals surface area contributed by atoms with Gasteiger partial charge in [-0.15, -0.1) is 0 Å². The molecule has 17 heavy (non-hydrogen) atoms. The summed E-state index contributed by atoms with van der Waals surface area (Å²) in [5.74, 6) is 0.699. The Hall–Kier alpha value is -1.91. The smallest absolute Gasteiger partial charge is 0.184 e. The van der Waals surface area contributed by atoms with Crippen molar-refractivity contribution in [2.45, 2.75) is 19.9 Å². The van der Waals surface area contributed by atoms with Gasteiger partial charge in [0.05, 0.1) is 12.7 Å². The van der Waals surface area contributed by atoms with Gasteiger partial charge in [0.25, 0.3) is 0 Å². The first kappa shape index (κ1) is 11.6. The molecule has 2 rings (SSSR count). The average molecular weight is 235 g/mol. The fourth-order valence-corrected chi connectivity index (χ4v) is 1.50. The maximum Gasteiger partial charge on any atom is 0.184 e. The average Bonchev–Trinajstić information content (AvgIpc) is 2.78. The van der Waals surface area contributed by atoms with Crippen LogP contribution in [0.2, 0.25) is 0 Å². The van der Waals surface area contributed by atoms with E-state index < -0.39 is 0 Å². The predicted molar refractivity (Wildman–Crippen MR) is 62.4 cm³/mol. The summed E-state index contributed by atoms with van der Waals surface area (Å²) in [6.07, 6.45) is 1.63. The van der Waals surface area contributed by atoms with Crippen LogP contribution in [0.15, 0.2) is 24.5 Å². The minimum Gasteiger partial charge on any atom is -0.496 e. The van der Waals surface area contributed by atoms with Crippen LogP contribution in [0.25, 0.3) is 11.4 Å². The Labute approximate surface area is 99.1 Å². The quantitative estimate of drug-likeness (QED) is 0.821. The molecule has 0 fully saturated rings. The van der Waals surface area contributed by atoms with Gasteiger partial charge in [0.2, 0.25) is 0 Å². The van der Waals surface area contributed by atoms with Gasteiger partial charge in [-0.3, -0.25) is 0 Å². The van der Waals surface area contributed by atoms with Crippen LogP contribution in [0.3, 0.4) is 0 Å². The van der Waals surface area contributed by atoms with Gasteiger partial charge in [0.15, 0.2) is 5.82 Å². The molecule has 5 heteroatoms. The number of rotatable bonds is 3. The van der Waals surface area contributed by atoms with Crippen molar-refractivity contribution in [3.63, 3.8) is 0 Å². The van der Waals surface area contributed by atoms with Gasteiger partial charge in [-0.05, 0) is 32.0 Å². The second-order valence-electron chi connectivity index (χ2n) is 3.99. The SMILES string of the molecule is COc1ccc(F)cc1-c1ncn(C(C)C)n1. The van der Waals surface area contributed by atoms with Crippen molar-refractivity contribution in [3.05, 3.63) is 30.3 Å². The van der Waals surface area contributed by atoms with Crippen molar-refractivity contribution < 1.29 is 9.13 Å². The minimum atomic E-state index is -0.332. The molecule has 0 atom stereocenters. The number of ether oxygens (including phenoxy) is 1. The lowest BCUT2D eigenvalue weighted by molar-refractivity contribution is 0.415. The van der Waals surface area contributed by atoms with Gasteiger partial charge in [-0.1, -0.05) is 0 Å². The van der Waals surface area contributed by atoms with E-state index in [2.05, 4.69) is 10.1 Å². The third kappa shape index (κ3) is 2.27. The van der Waals surface area contributed by atoms with E-state index in [0.29, 0.717) is 17.1 Å². The van der Waals surface area contributed by atoms with E-state index >= 15 is 0 Å². The maximum atomic E-state index is 13.2. The van der Waals surface area contributed by atoms with Crippen molar-refractivity contribution in [2.24, 2.45) is 0 Å². The summed E-state index contributed by atoms with van der Waals surface area (Å²) < 4.78 is 20.1. The molecule has 0 amide bonds. The van der Waals surface area contributed by atoms with E-state index in [1.807, 2.05) is 13.8 Å². The van der Waals surface area contributed by atoms with Crippen molar-refractivity contribution in [1.29, 1.82) is 0 Å². The standard InChI is InChI=1S/C12H14FN3O/c1-8(2)16-7-14-12(15-16)10-6-9(13)4-5-11(10)17-3/h4-8H,1-3H3. The Morgan fingerprint density at radius 3 is 2.71 bits per heavy atom. The van der Waals surface area contributed by atoms with Gasteiger partial charge in [-0.25, -0.2) is 14.1 Å². The zero-order valence-electron chi connectivity index (χ0n) is 10.0. The van der Waals surface area contributed by atoms with E-state index in [1.165, 1.54) is 19.2 Å². The molecule has 1 heterocycles. The second-order valence-corrected chi connectivity index (χ2v) is 3.99. The highest BCUT2D eigenvalue weighted by molar-refractivity contribution is 5.63. The number of benzene rings is 1. The molecule has 1 aromatic heterocycles. The van der Waals surface area contributed by atoms with E-state index in [0.717, 1.165) is 0 Å². The summed E-state index contributed by atoms with van der Waals surface area (Å²) in [6.45, 7) is 4.00. The summed E-state index contributed by atoms with van der Waals surface area (Å²) in [5.41, 5.74) is 0.562. The zero-order chi connectivity index (χ0) is 12.4. The highest BCUT2D eigenvalue weighted by atomic mass is 19.1. The molecule has 4 nitrogen and oxygen atoms in total. The minimum absolute atomic E-state index is 0.218. The molecule has 0 bridgehead atoms. The molecule has 0 aliphatic heterocycles. The van der Waals surface area contributed by atoms with Crippen LogP contribution in [0.1, 0.15) is 19.9 Å². The molecule has 90 valence electrons. The van der Waals surface area contributed by atoms with Crippen molar-refractivity contribution in [2.75, 3.05) is 7.11 Å². The Morgan fingerprint density at radius 1 is 1.35 bits per heavy atom. The Balaban J connectivity index is 2.47. The third-order valence-corrected chi connectivity index (χ3v) is 2.44. The van der Waals surface area contributed by atoms with Crippen molar-refractivity contribution in [3.8, 4) is 17.1 Å². The highest BCUT2D eigenvalue weighted by Crippen LogP contribution is 2.28. The lowest BCUT2D eigenvalue weighted by Crippen LogP contribution is -2.01. The first-order chi connectivity index (χ1) is 8.11. The van der Waals surface area contributed by atoms with Crippen LogP contribution in [0.5, 0.6) is 5.75 Å². The summed E-state index contributed by atoms with van der Waals surface area (Å²) >= 11 is 0. The lowest BCUT2D eigenvalue weighted by atomic mass is 10.2. The molecule has 0 saturated carbocycles. The first-order valence-corrected chi connectivity index (χ1v) is 5.37. The maximum absolute atomic E-state index is 13.2. The summed E-state index contributed by atoms with van der Waals surface area (Å²) in [7, 11) is 1.54. The van der Waals surface area contributed by atoms with Gasteiger partial charge >= 0.3 is 0 Å². The molecular formula is C12H14FN3O. The molecule has 0 spiro atoms. The normalized spacial score (nSPS) is 10.9. The molecule has 0 unspecified atom stereocenters. The molecule has 2 aromatic rings. The number of halogens is 1. The van der Waals surface area contributed by atoms with Crippen LogP contribution in [0.4, 0.5) is 4.39 Å². The molecule has 0 aliphatic carbocycles. The van der Waals surface area contributed by atoms with E-state index in [-0.39, 0.29) is 11.9 Å². The lowest BCUT2D eigenvalue weighted by Gasteiger charge is -2.05. The number of methoxy groups -OCH3 is 1. The fourth-order valence-electron chi connectivity index (χ4n) is 1.50. The largest absolute Gasteiger partial charge is 0.496 e. The summed E-state index contributed by atoms with van der Waals surface area (Å²) in [5, 5.41) is 4.29. The topological polar surface area (TPSA) is 39.9 Å². The first-order valence-electron chi connectivity index (χ1n) is 5.37. The zero-order valence-corrected chi connectivity index (χ0v) is 10.0.